The van der Waals surface area contributed by atoms with E-state index in [-0.39, 0.29) is 18.1 Å². The van der Waals surface area contributed by atoms with Gasteiger partial charge < -0.3 is 40.1 Å². The molecule has 0 amide bonds. The molecule has 0 bridgehead atoms. The summed E-state index contributed by atoms with van der Waals surface area (Å²) in [6.45, 7) is 0.920. The topological polar surface area (TPSA) is 140 Å². The number of hydrogen-bond acceptors (Lipinski definition) is 8. The third-order valence-electron chi connectivity index (χ3n) is 4.58. The van der Waals surface area contributed by atoms with Crippen molar-refractivity contribution in [2.24, 2.45) is 0 Å². The number of rotatable bonds is 4. The summed E-state index contributed by atoms with van der Waals surface area (Å²) in [5.74, 6) is 0.320. The molecular weight excluding hydrogens is 344 g/mol. The number of benzene rings is 2. The molecule has 0 saturated carbocycles. The second kappa shape index (κ2) is 7.36. The lowest BCUT2D eigenvalue weighted by Crippen LogP contribution is -2.60. The number of aliphatic hydroxyl groups is 5. The third-order valence-corrected chi connectivity index (χ3v) is 4.58. The van der Waals surface area contributed by atoms with Gasteiger partial charge in [-0.1, -0.05) is 12.1 Å². The van der Waals surface area contributed by atoms with Crippen LogP contribution in [0.2, 0.25) is 0 Å². The summed E-state index contributed by atoms with van der Waals surface area (Å²) in [5.41, 5.74) is 1.14. The third kappa shape index (κ3) is 3.23. The van der Waals surface area contributed by atoms with Gasteiger partial charge in [-0.05, 0) is 30.2 Å². The van der Waals surface area contributed by atoms with Crippen LogP contribution in [0, 0.1) is 6.92 Å². The molecule has 3 rings (SSSR count). The zero-order valence-corrected chi connectivity index (χ0v) is 14.1. The minimum atomic E-state index is -1.55. The van der Waals surface area contributed by atoms with Gasteiger partial charge in [-0.25, -0.2) is 0 Å². The molecular formula is C18H22O8. The van der Waals surface area contributed by atoms with E-state index in [1.165, 1.54) is 6.07 Å². The Hall–Kier alpha value is -1.94. The molecule has 1 aliphatic rings. The quantitative estimate of drug-likeness (QED) is 0.427. The molecule has 26 heavy (non-hydrogen) atoms. The van der Waals surface area contributed by atoms with Crippen LogP contribution in [0.15, 0.2) is 24.3 Å². The first-order chi connectivity index (χ1) is 12.4. The molecule has 8 nitrogen and oxygen atoms in total. The first-order valence-electron chi connectivity index (χ1n) is 8.20. The van der Waals surface area contributed by atoms with Crippen LogP contribution in [0.3, 0.4) is 0 Å². The lowest BCUT2D eigenvalue weighted by Gasteiger charge is -2.39. The second-order valence-corrected chi connectivity index (χ2v) is 6.39. The van der Waals surface area contributed by atoms with Crippen molar-refractivity contribution in [2.75, 3.05) is 6.61 Å². The largest absolute Gasteiger partial charge is 0.507 e. The molecule has 6 N–H and O–H groups in total. The number of aryl methyl sites for hydroxylation is 1. The Morgan fingerprint density at radius 3 is 2.38 bits per heavy atom. The minimum absolute atomic E-state index is 0.0307. The van der Waals surface area contributed by atoms with Crippen LogP contribution < -0.4 is 4.74 Å². The Bertz CT molecular complexity index is 790. The second-order valence-electron chi connectivity index (χ2n) is 6.39. The molecule has 5 atom stereocenters. The van der Waals surface area contributed by atoms with Crippen molar-refractivity contribution in [3.8, 4) is 11.5 Å². The van der Waals surface area contributed by atoms with Crippen molar-refractivity contribution in [1.29, 1.82) is 0 Å². The van der Waals surface area contributed by atoms with Gasteiger partial charge in [-0.2, -0.15) is 0 Å². The van der Waals surface area contributed by atoms with E-state index in [2.05, 4.69) is 0 Å². The maximum Gasteiger partial charge on any atom is 0.229 e. The highest BCUT2D eigenvalue weighted by atomic mass is 16.7. The average molecular weight is 366 g/mol. The maximum atomic E-state index is 10.2. The highest BCUT2D eigenvalue weighted by Crippen LogP contribution is 2.38. The van der Waals surface area contributed by atoms with Crippen molar-refractivity contribution >= 4 is 10.8 Å². The van der Waals surface area contributed by atoms with Crippen LogP contribution in [-0.4, -0.2) is 68.0 Å². The van der Waals surface area contributed by atoms with Crippen LogP contribution in [0.1, 0.15) is 11.1 Å². The van der Waals surface area contributed by atoms with Gasteiger partial charge in [0.05, 0.1) is 13.2 Å². The van der Waals surface area contributed by atoms with Crippen LogP contribution in [0.4, 0.5) is 0 Å². The van der Waals surface area contributed by atoms with Gasteiger partial charge >= 0.3 is 0 Å². The summed E-state index contributed by atoms with van der Waals surface area (Å²) < 4.78 is 11.2. The Balaban J connectivity index is 2.02. The molecule has 1 saturated heterocycles. The number of aromatic hydroxyl groups is 1. The first kappa shape index (κ1) is 18.8. The van der Waals surface area contributed by atoms with E-state index in [1.807, 2.05) is 0 Å². The van der Waals surface area contributed by atoms with E-state index in [4.69, 9.17) is 9.47 Å². The predicted octanol–water partition coefficient (Wildman–Crippen LogP) is -0.475. The van der Waals surface area contributed by atoms with Gasteiger partial charge in [0.15, 0.2) is 0 Å². The van der Waals surface area contributed by atoms with Crippen LogP contribution in [-0.2, 0) is 11.3 Å². The Labute approximate surface area is 149 Å². The molecule has 1 heterocycles. The summed E-state index contributed by atoms with van der Waals surface area (Å²) in [5, 5.41) is 59.7. The fourth-order valence-corrected chi connectivity index (χ4v) is 3.10. The van der Waals surface area contributed by atoms with Crippen LogP contribution in [0.25, 0.3) is 10.8 Å². The standard InChI is InChI=1S/C18H22O8/c1-8-4-12(21)10-3-2-9(6-19)5-11(10)17(8)26-18-16(24)15(23)14(22)13(7-20)25-18/h2-5,13-16,18-24H,6-7H2,1H3/t13-,14-,15+,16-,18+/m1/s1. The predicted molar refractivity (Wildman–Crippen MR) is 90.7 cm³/mol. The van der Waals surface area contributed by atoms with Crippen molar-refractivity contribution in [3.05, 3.63) is 35.4 Å². The number of phenolic OH excluding ortho intramolecular Hbond substituents is 1. The zero-order chi connectivity index (χ0) is 19.0. The fraction of sp³-hybridized carbons (Fsp3) is 0.444. The van der Waals surface area contributed by atoms with Crippen molar-refractivity contribution in [3.63, 3.8) is 0 Å². The van der Waals surface area contributed by atoms with E-state index in [0.717, 1.165) is 0 Å². The van der Waals surface area contributed by atoms with Gasteiger partial charge in [-0.3, -0.25) is 0 Å². The molecule has 142 valence electrons. The lowest BCUT2D eigenvalue weighted by atomic mass is 9.99. The highest BCUT2D eigenvalue weighted by molar-refractivity contribution is 5.94. The van der Waals surface area contributed by atoms with Crippen molar-refractivity contribution in [1.82, 2.24) is 0 Å². The van der Waals surface area contributed by atoms with Gasteiger partial charge in [0, 0.05) is 10.8 Å². The number of hydrogen-bond donors (Lipinski definition) is 6. The van der Waals surface area contributed by atoms with Gasteiger partial charge in [0.1, 0.15) is 35.9 Å². The van der Waals surface area contributed by atoms with E-state index in [0.29, 0.717) is 21.9 Å². The van der Waals surface area contributed by atoms with E-state index >= 15 is 0 Å². The zero-order valence-electron chi connectivity index (χ0n) is 14.1. The molecule has 1 fully saturated rings. The molecule has 2 aromatic rings. The van der Waals surface area contributed by atoms with Gasteiger partial charge in [-0.15, -0.1) is 0 Å². The smallest absolute Gasteiger partial charge is 0.229 e. The number of ether oxygens (including phenoxy) is 2. The van der Waals surface area contributed by atoms with Crippen molar-refractivity contribution in [2.45, 2.75) is 44.2 Å². The SMILES string of the molecule is Cc1cc(O)c2ccc(CO)cc2c1O[C@@H]1O[C@H](CO)[C@@H](O)[C@H](O)[C@H]1O. The van der Waals surface area contributed by atoms with Gasteiger partial charge in [0.2, 0.25) is 6.29 Å². The molecule has 0 aliphatic carbocycles. The van der Waals surface area contributed by atoms with E-state index in [1.54, 1.807) is 25.1 Å². The van der Waals surface area contributed by atoms with Crippen LogP contribution in [0.5, 0.6) is 11.5 Å². The molecule has 0 radical (unpaired) electrons. The van der Waals surface area contributed by atoms with E-state index < -0.39 is 37.3 Å². The van der Waals surface area contributed by atoms with Crippen molar-refractivity contribution < 1.29 is 40.1 Å². The van der Waals surface area contributed by atoms with Gasteiger partial charge in [0.25, 0.3) is 0 Å². The Kier molecular flexibility index (Phi) is 5.33. The number of phenols is 1. The summed E-state index contributed by atoms with van der Waals surface area (Å²) in [6.07, 6.45) is -7.00. The summed E-state index contributed by atoms with van der Waals surface area (Å²) >= 11 is 0. The highest BCUT2D eigenvalue weighted by Gasteiger charge is 2.45. The molecule has 0 unspecified atom stereocenters. The number of fused-ring (bicyclic) bond motifs is 1. The Morgan fingerprint density at radius 1 is 1.00 bits per heavy atom. The Morgan fingerprint density at radius 2 is 1.73 bits per heavy atom. The number of aliphatic hydroxyl groups excluding tert-OH is 5. The molecule has 0 spiro atoms. The summed E-state index contributed by atoms with van der Waals surface area (Å²) in [6, 6.07) is 6.42. The summed E-state index contributed by atoms with van der Waals surface area (Å²) in [4.78, 5) is 0. The lowest BCUT2D eigenvalue weighted by molar-refractivity contribution is -0.277. The normalized spacial score (nSPS) is 29.1. The monoisotopic (exact) mass is 366 g/mol. The molecule has 8 heteroatoms. The average Bonchev–Trinajstić information content (AvgIpc) is 2.64. The van der Waals surface area contributed by atoms with E-state index in [9.17, 15) is 30.6 Å². The first-order valence-corrected chi connectivity index (χ1v) is 8.20. The minimum Gasteiger partial charge on any atom is -0.507 e. The molecule has 2 aromatic carbocycles. The fourth-order valence-electron chi connectivity index (χ4n) is 3.10. The maximum absolute atomic E-state index is 10.2. The summed E-state index contributed by atoms with van der Waals surface area (Å²) in [7, 11) is 0. The molecule has 1 aliphatic heterocycles. The molecule has 0 aromatic heterocycles. The van der Waals surface area contributed by atoms with Crippen LogP contribution >= 0.6 is 0 Å².